The molecule has 0 aliphatic heterocycles. The lowest BCUT2D eigenvalue weighted by molar-refractivity contribution is 0.816. The Labute approximate surface area is 120 Å². The van der Waals surface area contributed by atoms with Crippen LogP contribution in [0.2, 0.25) is 0 Å². The molecule has 0 aliphatic rings. The fourth-order valence-corrected chi connectivity index (χ4v) is 5.50. The zero-order valence-corrected chi connectivity index (χ0v) is 14.4. The molecule has 0 nitrogen and oxygen atoms in total. The SMILES string of the molecule is CCCCC=Cc1ccccc1[SiH](I)I. The average Bonchev–Trinajstić information content (AvgIpc) is 2.25. The molecule has 0 saturated carbocycles. The van der Waals surface area contributed by atoms with E-state index in [4.69, 9.17) is 0 Å². The molecule has 0 aliphatic carbocycles. The van der Waals surface area contributed by atoms with Crippen LogP contribution in [0.5, 0.6) is 0 Å². The molecule has 0 unspecified atom stereocenters. The molecule has 0 N–H and O–H groups in total. The first-order valence-electron chi connectivity index (χ1n) is 5.29. The fourth-order valence-electron chi connectivity index (χ4n) is 1.39. The lowest BCUT2D eigenvalue weighted by atomic mass is 10.1. The Morgan fingerprint density at radius 3 is 2.67 bits per heavy atom. The molecule has 0 bridgehead atoms. The standard InChI is InChI=1S/C12H16I2Si/c1-2-3-4-5-8-11-9-6-7-10-12(11)15(13)14/h5-10,15H,2-4H2,1H3. The van der Waals surface area contributed by atoms with Gasteiger partial charge in [-0.05, 0) is 17.2 Å². The van der Waals surface area contributed by atoms with E-state index in [1.165, 1.54) is 24.8 Å². The molecule has 3 heteroatoms. The largest absolute Gasteiger partial charge is 0.207 e. The summed E-state index contributed by atoms with van der Waals surface area (Å²) in [6, 6.07) is 8.79. The molecule has 1 aromatic carbocycles. The number of rotatable bonds is 5. The molecular formula is C12H16I2Si. The molecule has 0 heterocycles. The third kappa shape index (κ3) is 4.99. The minimum Gasteiger partial charge on any atom is -0.103 e. The van der Waals surface area contributed by atoms with E-state index >= 15 is 0 Å². The molecule has 15 heavy (non-hydrogen) atoms. The predicted molar refractivity (Wildman–Crippen MR) is 89.8 cm³/mol. The maximum Gasteiger partial charge on any atom is 0.207 e. The third-order valence-corrected chi connectivity index (χ3v) is 7.27. The second-order valence-corrected chi connectivity index (χ2v) is 19.3. The van der Waals surface area contributed by atoms with Crippen molar-refractivity contribution < 1.29 is 0 Å². The highest BCUT2D eigenvalue weighted by Gasteiger charge is 2.07. The molecular weight excluding hydrogens is 426 g/mol. The molecule has 0 radical (unpaired) electrons. The summed E-state index contributed by atoms with van der Waals surface area (Å²) in [7, 11) is 0. The minimum atomic E-state index is -0.738. The molecule has 0 aromatic heterocycles. The smallest absolute Gasteiger partial charge is 0.103 e. The van der Waals surface area contributed by atoms with E-state index in [1.54, 1.807) is 5.19 Å². The van der Waals surface area contributed by atoms with Gasteiger partial charge in [-0.3, -0.25) is 0 Å². The van der Waals surface area contributed by atoms with Crippen LogP contribution in [0.1, 0.15) is 31.7 Å². The highest BCUT2D eigenvalue weighted by molar-refractivity contribution is 14.3. The second kappa shape index (κ2) is 7.84. The summed E-state index contributed by atoms with van der Waals surface area (Å²) in [5.41, 5.74) is 1.43. The van der Waals surface area contributed by atoms with Gasteiger partial charge >= 0.3 is 0 Å². The summed E-state index contributed by atoms with van der Waals surface area (Å²) in [6.45, 7) is 2.24. The summed E-state index contributed by atoms with van der Waals surface area (Å²) >= 11 is 5.19. The van der Waals surface area contributed by atoms with Gasteiger partial charge in [0.25, 0.3) is 0 Å². The monoisotopic (exact) mass is 442 g/mol. The van der Waals surface area contributed by atoms with Crippen molar-refractivity contribution in [1.29, 1.82) is 0 Å². The van der Waals surface area contributed by atoms with Gasteiger partial charge in [-0.15, -0.1) is 43.6 Å². The summed E-state index contributed by atoms with van der Waals surface area (Å²) < 4.78 is -0.738. The van der Waals surface area contributed by atoms with Gasteiger partial charge in [0.15, 0.2) is 0 Å². The van der Waals surface area contributed by atoms with E-state index in [1.807, 2.05) is 0 Å². The van der Waals surface area contributed by atoms with Crippen LogP contribution in [0.15, 0.2) is 30.3 Å². The van der Waals surface area contributed by atoms with E-state index in [-0.39, 0.29) is 0 Å². The molecule has 0 atom stereocenters. The van der Waals surface area contributed by atoms with Crippen LogP contribution in [0.25, 0.3) is 6.08 Å². The molecule has 0 spiro atoms. The highest BCUT2D eigenvalue weighted by atomic mass is 127. The van der Waals surface area contributed by atoms with Crippen molar-refractivity contribution in [3.63, 3.8) is 0 Å². The van der Waals surface area contributed by atoms with Crippen molar-refractivity contribution in [1.82, 2.24) is 0 Å². The number of halogens is 2. The van der Waals surface area contributed by atoms with Crippen molar-refractivity contribution >= 4 is 58.6 Å². The third-order valence-electron chi connectivity index (χ3n) is 2.25. The van der Waals surface area contributed by atoms with Gasteiger partial charge in [0, 0.05) is 0 Å². The fraction of sp³-hybridized carbons (Fsp3) is 0.333. The quantitative estimate of drug-likeness (QED) is 0.278. The average molecular weight is 442 g/mol. The zero-order valence-electron chi connectivity index (χ0n) is 8.92. The van der Waals surface area contributed by atoms with Crippen molar-refractivity contribution in [3.8, 4) is 0 Å². The topological polar surface area (TPSA) is 0 Å². The maximum absolute atomic E-state index is 2.59. The predicted octanol–water partition coefficient (Wildman–Crippen LogP) is 4.19. The van der Waals surface area contributed by atoms with Gasteiger partial charge in [-0.25, -0.2) is 0 Å². The van der Waals surface area contributed by atoms with Crippen LogP contribution in [0, 0.1) is 0 Å². The summed E-state index contributed by atoms with van der Waals surface area (Å²) in [6.07, 6.45) is 8.39. The summed E-state index contributed by atoms with van der Waals surface area (Å²) in [5.74, 6) is 0. The Balaban J connectivity index is 2.71. The number of hydrogen-bond acceptors (Lipinski definition) is 0. The molecule has 82 valence electrons. The van der Waals surface area contributed by atoms with Crippen molar-refractivity contribution in [2.24, 2.45) is 0 Å². The van der Waals surface area contributed by atoms with Gasteiger partial charge in [0.1, 0.15) is 0 Å². The van der Waals surface area contributed by atoms with Gasteiger partial charge in [0.2, 0.25) is 3.79 Å². The van der Waals surface area contributed by atoms with E-state index in [0.717, 1.165) is 0 Å². The first-order chi connectivity index (χ1) is 7.25. The van der Waals surface area contributed by atoms with E-state index in [2.05, 4.69) is 86.9 Å². The lowest BCUT2D eigenvalue weighted by Gasteiger charge is -2.05. The van der Waals surface area contributed by atoms with Crippen LogP contribution >= 0.6 is 43.6 Å². The molecule has 0 saturated heterocycles. The maximum atomic E-state index is 2.59. The Hall–Kier alpha value is 0.637. The van der Waals surface area contributed by atoms with E-state index < -0.39 is 3.79 Å². The van der Waals surface area contributed by atoms with Gasteiger partial charge in [0.05, 0.1) is 0 Å². The number of unbranched alkanes of at least 4 members (excludes halogenated alkanes) is 2. The Bertz CT molecular complexity index is 321. The first kappa shape index (κ1) is 13.7. The number of hydrogen-bond donors (Lipinski definition) is 0. The van der Waals surface area contributed by atoms with Crippen molar-refractivity contribution in [2.75, 3.05) is 0 Å². The van der Waals surface area contributed by atoms with E-state index in [9.17, 15) is 0 Å². The number of allylic oxidation sites excluding steroid dienone is 1. The Morgan fingerprint density at radius 2 is 2.00 bits per heavy atom. The van der Waals surface area contributed by atoms with Crippen LogP contribution in [0.3, 0.4) is 0 Å². The van der Waals surface area contributed by atoms with Gasteiger partial charge < -0.3 is 0 Å². The molecule has 1 rings (SSSR count). The molecule has 0 fully saturated rings. The first-order valence-corrected chi connectivity index (χ1v) is 14.2. The molecule has 0 amide bonds. The Kier molecular flexibility index (Phi) is 7.16. The van der Waals surface area contributed by atoms with Crippen LogP contribution in [-0.4, -0.2) is 3.79 Å². The highest BCUT2D eigenvalue weighted by Crippen LogP contribution is 2.10. The van der Waals surface area contributed by atoms with Crippen LogP contribution in [0.4, 0.5) is 0 Å². The Morgan fingerprint density at radius 1 is 1.27 bits per heavy atom. The van der Waals surface area contributed by atoms with Crippen LogP contribution in [-0.2, 0) is 0 Å². The summed E-state index contributed by atoms with van der Waals surface area (Å²) in [5, 5.41) is 1.56. The van der Waals surface area contributed by atoms with E-state index in [0.29, 0.717) is 0 Å². The second-order valence-electron chi connectivity index (χ2n) is 3.47. The summed E-state index contributed by atoms with van der Waals surface area (Å²) in [4.78, 5) is 0. The van der Waals surface area contributed by atoms with Crippen molar-refractivity contribution in [3.05, 3.63) is 35.9 Å². The van der Waals surface area contributed by atoms with Crippen LogP contribution < -0.4 is 5.19 Å². The normalized spacial score (nSPS) is 11.5. The lowest BCUT2D eigenvalue weighted by Crippen LogP contribution is -2.19. The minimum absolute atomic E-state index is 0.738. The van der Waals surface area contributed by atoms with Gasteiger partial charge in [-0.1, -0.05) is 56.2 Å². The number of benzene rings is 1. The zero-order chi connectivity index (χ0) is 11.1. The molecule has 1 aromatic rings. The van der Waals surface area contributed by atoms with Crippen molar-refractivity contribution in [2.45, 2.75) is 26.2 Å². The van der Waals surface area contributed by atoms with Gasteiger partial charge in [-0.2, -0.15) is 0 Å².